The molecule has 0 aromatic carbocycles. The van der Waals surface area contributed by atoms with E-state index in [2.05, 4.69) is 20.3 Å². The lowest BCUT2D eigenvalue weighted by Crippen LogP contribution is -2.46. The molecule has 1 amide bonds. The first kappa shape index (κ1) is 16.9. The number of nitrogens with zero attached hydrogens (tertiary/aromatic N) is 4. The molecule has 0 saturated heterocycles. The van der Waals surface area contributed by atoms with Crippen molar-refractivity contribution >= 4 is 5.91 Å². The maximum Gasteiger partial charge on any atom is 0.424 e. The minimum absolute atomic E-state index is 0.0277. The highest BCUT2D eigenvalue weighted by Crippen LogP contribution is 2.40. The van der Waals surface area contributed by atoms with Gasteiger partial charge in [-0.05, 0) is 0 Å². The lowest BCUT2D eigenvalue weighted by molar-refractivity contribution is -0.272. The van der Waals surface area contributed by atoms with Crippen LogP contribution < -0.4 is 5.32 Å². The molecule has 0 aliphatic carbocycles. The van der Waals surface area contributed by atoms with Crippen LogP contribution in [-0.4, -0.2) is 43.3 Å². The van der Waals surface area contributed by atoms with E-state index in [4.69, 9.17) is 0 Å². The van der Waals surface area contributed by atoms with Gasteiger partial charge >= 0.3 is 6.18 Å². The van der Waals surface area contributed by atoms with Crippen LogP contribution in [0, 0.1) is 0 Å². The number of hydrogen-bond acceptors (Lipinski definition) is 5. The van der Waals surface area contributed by atoms with Crippen LogP contribution in [0.25, 0.3) is 0 Å². The van der Waals surface area contributed by atoms with Crippen LogP contribution in [0.3, 0.4) is 0 Å². The Morgan fingerprint density at radius 2 is 2.04 bits per heavy atom. The van der Waals surface area contributed by atoms with Gasteiger partial charge in [-0.1, -0.05) is 0 Å². The first-order valence-corrected chi connectivity index (χ1v) is 6.57. The van der Waals surface area contributed by atoms with Gasteiger partial charge in [0.25, 0.3) is 5.91 Å². The van der Waals surface area contributed by atoms with E-state index >= 15 is 0 Å². The third kappa shape index (κ3) is 3.47. The molecule has 0 aliphatic rings. The lowest BCUT2D eigenvalue weighted by Gasteiger charge is -2.29. The molecular weight excluding hydrogens is 315 g/mol. The van der Waals surface area contributed by atoms with E-state index < -0.39 is 36.5 Å². The summed E-state index contributed by atoms with van der Waals surface area (Å²) in [5, 5.41) is 12.4. The monoisotopic (exact) mass is 329 g/mol. The second-order valence-electron chi connectivity index (χ2n) is 4.82. The molecule has 23 heavy (non-hydrogen) atoms. The first-order chi connectivity index (χ1) is 10.8. The Morgan fingerprint density at radius 3 is 2.57 bits per heavy atom. The van der Waals surface area contributed by atoms with Gasteiger partial charge in [-0.3, -0.25) is 9.78 Å². The minimum Gasteiger partial charge on any atom is -0.374 e. The number of aromatic nitrogens is 4. The average Bonchev–Trinajstić information content (AvgIpc) is 2.93. The van der Waals surface area contributed by atoms with Crippen LogP contribution in [0.2, 0.25) is 0 Å². The van der Waals surface area contributed by atoms with Crippen molar-refractivity contribution in [1.82, 2.24) is 24.8 Å². The van der Waals surface area contributed by atoms with E-state index in [0.717, 1.165) is 10.8 Å². The molecule has 10 heteroatoms. The van der Waals surface area contributed by atoms with Gasteiger partial charge < -0.3 is 15.0 Å². The standard InChI is InChI=1S/C13H14F3N5O2/c1-21-7-6-20-11(21)12(23,13(14,15)16)2-3-19-10(22)9-8-17-4-5-18-9/h4-8,23H,2-3H2,1H3,(H,19,22). The van der Waals surface area contributed by atoms with Crippen molar-refractivity contribution in [1.29, 1.82) is 0 Å². The molecule has 2 heterocycles. The fourth-order valence-corrected chi connectivity index (χ4v) is 2.01. The minimum atomic E-state index is -4.94. The van der Waals surface area contributed by atoms with Crippen LogP contribution in [0.4, 0.5) is 13.2 Å². The van der Waals surface area contributed by atoms with Gasteiger partial charge in [-0.25, -0.2) is 9.97 Å². The Bertz CT molecular complexity index is 674. The Labute approximate surface area is 129 Å². The summed E-state index contributed by atoms with van der Waals surface area (Å²) in [6.07, 6.45) is 0.560. The second-order valence-corrected chi connectivity index (χ2v) is 4.82. The normalized spacial score (nSPS) is 14.3. The molecule has 0 fully saturated rings. The largest absolute Gasteiger partial charge is 0.424 e. The summed E-state index contributed by atoms with van der Waals surface area (Å²) >= 11 is 0. The summed E-state index contributed by atoms with van der Waals surface area (Å²) in [5.41, 5.74) is -3.19. The number of carbonyl (C=O) groups excluding carboxylic acids is 1. The van der Waals surface area contributed by atoms with Crippen LogP contribution in [-0.2, 0) is 12.6 Å². The average molecular weight is 329 g/mol. The fourth-order valence-electron chi connectivity index (χ4n) is 2.01. The van der Waals surface area contributed by atoms with E-state index in [1.807, 2.05) is 0 Å². The highest BCUT2D eigenvalue weighted by Gasteiger charge is 2.57. The van der Waals surface area contributed by atoms with Gasteiger partial charge in [-0.2, -0.15) is 13.2 Å². The van der Waals surface area contributed by atoms with E-state index in [1.165, 1.54) is 31.8 Å². The second kappa shape index (κ2) is 6.32. The molecule has 2 aromatic heterocycles. The first-order valence-electron chi connectivity index (χ1n) is 6.57. The van der Waals surface area contributed by atoms with Crippen LogP contribution in [0.5, 0.6) is 0 Å². The topological polar surface area (TPSA) is 92.9 Å². The van der Waals surface area contributed by atoms with Crippen molar-refractivity contribution in [3.05, 3.63) is 42.5 Å². The summed E-state index contributed by atoms with van der Waals surface area (Å²) in [4.78, 5) is 22.7. The molecule has 0 aliphatic heterocycles. The number of halogens is 3. The molecule has 2 aromatic rings. The van der Waals surface area contributed by atoms with Gasteiger partial charge in [0.15, 0.2) is 0 Å². The van der Waals surface area contributed by atoms with Gasteiger partial charge in [0.1, 0.15) is 11.5 Å². The molecule has 7 nitrogen and oxygen atoms in total. The number of rotatable bonds is 5. The van der Waals surface area contributed by atoms with E-state index in [1.54, 1.807) is 0 Å². The van der Waals surface area contributed by atoms with Crippen LogP contribution in [0.15, 0.2) is 31.0 Å². The molecule has 1 atom stereocenters. The lowest BCUT2D eigenvalue weighted by atomic mass is 9.97. The molecule has 124 valence electrons. The van der Waals surface area contributed by atoms with Crippen molar-refractivity contribution in [2.75, 3.05) is 6.54 Å². The summed E-state index contributed by atoms with van der Waals surface area (Å²) < 4.78 is 40.9. The Morgan fingerprint density at radius 1 is 1.30 bits per heavy atom. The molecule has 1 unspecified atom stereocenters. The van der Waals surface area contributed by atoms with Gasteiger partial charge in [0.2, 0.25) is 5.60 Å². The molecular formula is C13H14F3N5O2. The van der Waals surface area contributed by atoms with Gasteiger partial charge in [0, 0.05) is 44.8 Å². The number of amides is 1. The Balaban J connectivity index is 2.09. The zero-order valence-corrected chi connectivity index (χ0v) is 12.1. The van der Waals surface area contributed by atoms with E-state index in [-0.39, 0.29) is 5.69 Å². The number of alkyl halides is 3. The Kier molecular flexibility index (Phi) is 4.64. The molecule has 0 saturated carbocycles. The highest BCUT2D eigenvalue weighted by molar-refractivity contribution is 5.91. The van der Waals surface area contributed by atoms with Crippen molar-refractivity contribution in [3.63, 3.8) is 0 Å². The van der Waals surface area contributed by atoms with Gasteiger partial charge in [-0.15, -0.1) is 0 Å². The number of carbonyl (C=O) groups is 1. The number of aliphatic hydroxyl groups is 1. The molecule has 2 rings (SSSR count). The zero-order valence-electron chi connectivity index (χ0n) is 12.1. The third-order valence-electron chi connectivity index (χ3n) is 3.23. The SMILES string of the molecule is Cn1ccnc1C(O)(CCNC(=O)c1cnccn1)C(F)(F)F. The molecule has 0 bridgehead atoms. The van der Waals surface area contributed by atoms with Crippen molar-refractivity contribution in [2.24, 2.45) is 7.05 Å². The summed E-state index contributed by atoms with van der Waals surface area (Å²) in [5.74, 6) is -1.22. The van der Waals surface area contributed by atoms with Crippen molar-refractivity contribution < 1.29 is 23.1 Å². The quantitative estimate of drug-likeness (QED) is 0.846. The van der Waals surface area contributed by atoms with Gasteiger partial charge in [0.05, 0.1) is 6.20 Å². The molecule has 0 radical (unpaired) electrons. The maximum absolute atomic E-state index is 13.3. The number of nitrogens with one attached hydrogen (secondary N) is 1. The number of aryl methyl sites for hydroxylation is 1. The third-order valence-corrected chi connectivity index (χ3v) is 3.23. The summed E-state index contributed by atoms with van der Waals surface area (Å²) in [6.45, 7) is -0.418. The fraction of sp³-hybridized carbons (Fsp3) is 0.385. The van der Waals surface area contributed by atoms with Crippen molar-refractivity contribution in [3.8, 4) is 0 Å². The highest BCUT2D eigenvalue weighted by atomic mass is 19.4. The Hall–Kier alpha value is -2.49. The number of hydrogen-bond donors (Lipinski definition) is 2. The smallest absolute Gasteiger partial charge is 0.374 e. The number of imidazole rings is 1. The van der Waals surface area contributed by atoms with E-state index in [0.29, 0.717) is 0 Å². The van der Waals surface area contributed by atoms with Crippen LogP contribution >= 0.6 is 0 Å². The van der Waals surface area contributed by atoms with Crippen LogP contribution in [0.1, 0.15) is 22.7 Å². The predicted molar refractivity (Wildman–Crippen MR) is 72.1 cm³/mol. The zero-order chi connectivity index (χ0) is 17.1. The molecule has 0 spiro atoms. The van der Waals surface area contributed by atoms with Crippen molar-refractivity contribution in [2.45, 2.75) is 18.2 Å². The van der Waals surface area contributed by atoms with E-state index in [9.17, 15) is 23.1 Å². The maximum atomic E-state index is 13.3. The summed E-state index contributed by atoms with van der Waals surface area (Å²) in [6, 6.07) is 0. The summed E-state index contributed by atoms with van der Waals surface area (Å²) in [7, 11) is 1.34. The predicted octanol–water partition coefficient (Wildman–Crippen LogP) is 0.780. The molecule has 2 N–H and O–H groups in total.